The number of aromatic nitrogens is 2. The van der Waals surface area contributed by atoms with Crippen molar-refractivity contribution in [3.63, 3.8) is 0 Å². The van der Waals surface area contributed by atoms with Crippen molar-refractivity contribution in [1.82, 2.24) is 9.97 Å². The van der Waals surface area contributed by atoms with Gasteiger partial charge < -0.3 is 5.32 Å². The Morgan fingerprint density at radius 2 is 2.00 bits per heavy atom. The first kappa shape index (κ1) is 9.93. The molecule has 4 heteroatoms. The number of nitrogens with one attached hydrogen (secondary N) is 1. The van der Waals surface area contributed by atoms with Crippen LogP contribution in [0.15, 0.2) is 43.0 Å². The molecule has 0 aliphatic rings. The number of halogens is 1. The van der Waals surface area contributed by atoms with Crippen LogP contribution in [0.4, 0.5) is 5.69 Å². The van der Waals surface area contributed by atoms with E-state index in [0.29, 0.717) is 11.6 Å². The molecule has 2 aromatic rings. The van der Waals surface area contributed by atoms with E-state index >= 15 is 0 Å². The molecule has 0 spiro atoms. The lowest BCUT2D eigenvalue weighted by Crippen LogP contribution is -2.00. The van der Waals surface area contributed by atoms with Gasteiger partial charge in [-0.25, -0.2) is 0 Å². The molecule has 76 valence electrons. The van der Waals surface area contributed by atoms with Crippen LogP contribution >= 0.6 is 11.6 Å². The molecule has 0 fully saturated rings. The molecule has 0 saturated carbocycles. The van der Waals surface area contributed by atoms with Crippen LogP contribution < -0.4 is 5.32 Å². The molecule has 0 aromatic carbocycles. The summed E-state index contributed by atoms with van der Waals surface area (Å²) in [7, 11) is 0. The largest absolute Gasteiger partial charge is 0.378 e. The van der Waals surface area contributed by atoms with Gasteiger partial charge in [0.1, 0.15) is 0 Å². The van der Waals surface area contributed by atoms with Crippen molar-refractivity contribution < 1.29 is 0 Å². The summed E-state index contributed by atoms with van der Waals surface area (Å²) in [4.78, 5) is 8.03. The van der Waals surface area contributed by atoms with Crippen LogP contribution in [0.3, 0.4) is 0 Å². The van der Waals surface area contributed by atoms with E-state index in [1.165, 1.54) is 0 Å². The lowest BCUT2D eigenvalue weighted by atomic mass is 10.3. The summed E-state index contributed by atoms with van der Waals surface area (Å²) < 4.78 is 0. The highest BCUT2D eigenvalue weighted by atomic mass is 35.5. The molecule has 0 radical (unpaired) electrons. The SMILES string of the molecule is Clc1ccncc1NCc1cccnc1. The Morgan fingerprint density at radius 3 is 2.73 bits per heavy atom. The average molecular weight is 220 g/mol. The van der Waals surface area contributed by atoms with Gasteiger partial charge in [-0.05, 0) is 17.7 Å². The minimum Gasteiger partial charge on any atom is -0.378 e. The van der Waals surface area contributed by atoms with Gasteiger partial charge in [0, 0.05) is 25.1 Å². The molecule has 2 rings (SSSR count). The van der Waals surface area contributed by atoms with Crippen LogP contribution in [-0.4, -0.2) is 9.97 Å². The zero-order chi connectivity index (χ0) is 10.5. The highest BCUT2D eigenvalue weighted by molar-refractivity contribution is 6.33. The van der Waals surface area contributed by atoms with E-state index in [-0.39, 0.29) is 0 Å². The van der Waals surface area contributed by atoms with Crippen LogP contribution in [-0.2, 0) is 6.54 Å². The lowest BCUT2D eigenvalue weighted by molar-refractivity contribution is 1.11. The summed E-state index contributed by atoms with van der Waals surface area (Å²) in [5.41, 5.74) is 1.94. The van der Waals surface area contributed by atoms with Gasteiger partial charge in [0.05, 0.1) is 16.9 Å². The van der Waals surface area contributed by atoms with E-state index in [9.17, 15) is 0 Å². The number of pyridine rings is 2. The van der Waals surface area contributed by atoms with Gasteiger partial charge in [-0.2, -0.15) is 0 Å². The summed E-state index contributed by atoms with van der Waals surface area (Å²) in [5, 5.41) is 3.87. The molecular weight excluding hydrogens is 210 g/mol. The first-order valence-electron chi connectivity index (χ1n) is 4.58. The van der Waals surface area contributed by atoms with Gasteiger partial charge in [-0.15, -0.1) is 0 Å². The number of hydrogen-bond donors (Lipinski definition) is 1. The van der Waals surface area contributed by atoms with Gasteiger partial charge in [0.2, 0.25) is 0 Å². The minimum atomic E-state index is 0.675. The van der Waals surface area contributed by atoms with E-state index in [1.807, 2.05) is 18.3 Å². The number of nitrogens with zero attached hydrogens (tertiary/aromatic N) is 2. The van der Waals surface area contributed by atoms with Gasteiger partial charge in [0.25, 0.3) is 0 Å². The molecule has 0 saturated heterocycles. The first-order valence-corrected chi connectivity index (χ1v) is 4.96. The van der Waals surface area contributed by atoms with Crippen LogP contribution in [0.1, 0.15) is 5.56 Å². The van der Waals surface area contributed by atoms with Crippen LogP contribution in [0, 0.1) is 0 Å². The molecule has 0 bridgehead atoms. The van der Waals surface area contributed by atoms with E-state index in [1.54, 1.807) is 24.7 Å². The van der Waals surface area contributed by atoms with E-state index in [4.69, 9.17) is 11.6 Å². The third-order valence-corrected chi connectivity index (χ3v) is 2.30. The molecule has 15 heavy (non-hydrogen) atoms. The van der Waals surface area contributed by atoms with Crippen LogP contribution in [0.5, 0.6) is 0 Å². The van der Waals surface area contributed by atoms with Crippen molar-refractivity contribution in [3.8, 4) is 0 Å². The topological polar surface area (TPSA) is 37.8 Å². The summed E-state index contributed by atoms with van der Waals surface area (Å²) in [6, 6.07) is 5.67. The second-order valence-electron chi connectivity index (χ2n) is 3.07. The summed E-state index contributed by atoms with van der Waals surface area (Å²) in [6.45, 7) is 0.694. The van der Waals surface area contributed by atoms with E-state index in [2.05, 4.69) is 15.3 Å². The lowest BCUT2D eigenvalue weighted by Gasteiger charge is -2.06. The Hall–Kier alpha value is -1.61. The maximum absolute atomic E-state index is 5.97. The third-order valence-electron chi connectivity index (χ3n) is 1.97. The Bertz CT molecular complexity index is 431. The van der Waals surface area contributed by atoms with Crippen LogP contribution in [0.2, 0.25) is 5.02 Å². The Balaban J connectivity index is 2.03. The van der Waals surface area contributed by atoms with Crippen molar-refractivity contribution in [2.75, 3.05) is 5.32 Å². The van der Waals surface area contributed by atoms with E-state index in [0.717, 1.165) is 11.3 Å². The van der Waals surface area contributed by atoms with Gasteiger partial charge in [-0.3, -0.25) is 9.97 Å². The zero-order valence-electron chi connectivity index (χ0n) is 8.02. The fraction of sp³-hybridized carbons (Fsp3) is 0.0909. The first-order chi connectivity index (χ1) is 7.36. The van der Waals surface area contributed by atoms with Gasteiger partial charge >= 0.3 is 0 Å². The second kappa shape index (κ2) is 4.75. The Labute approximate surface area is 93.1 Å². The third kappa shape index (κ3) is 2.67. The molecule has 2 aromatic heterocycles. The number of hydrogen-bond acceptors (Lipinski definition) is 3. The fourth-order valence-corrected chi connectivity index (χ4v) is 1.38. The van der Waals surface area contributed by atoms with Crippen molar-refractivity contribution >= 4 is 17.3 Å². The van der Waals surface area contributed by atoms with Gasteiger partial charge in [-0.1, -0.05) is 17.7 Å². The molecule has 0 unspecified atom stereocenters. The minimum absolute atomic E-state index is 0.675. The predicted octanol–water partition coefficient (Wildman–Crippen LogP) is 2.74. The molecular formula is C11H10ClN3. The number of rotatable bonds is 3. The summed E-state index contributed by atoms with van der Waals surface area (Å²) in [6.07, 6.45) is 6.94. The molecule has 3 nitrogen and oxygen atoms in total. The maximum atomic E-state index is 5.97. The Kier molecular flexibility index (Phi) is 3.15. The molecule has 0 aliphatic heterocycles. The van der Waals surface area contributed by atoms with Crippen molar-refractivity contribution in [3.05, 3.63) is 53.6 Å². The molecule has 1 N–H and O–H groups in total. The molecule has 0 aliphatic carbocycles. The predicted molar refractivity (Wildman–Crippen MR) is 60.8 cm³/mol. The normalized spacial score (nSPS) is 9.93. The van der Waals surface area contributed by atoms with Crippen molar-refractivity contribution in [2.45, 2.75) is 6.54 Å². The van der Waals surface area contributed by atoms with Gasteiger partial charge in [0.15, 0.2) is 0 Å². The molecule has 0 amide bonds. The monoisotopic (exact) mass is 219 g/mol. The highest BCUT2D eigenvalue weighted by Crippen LogP contribution is 2.19. The Morgan fingerprint density at radius 1 is 1.13 bits per heavy atom. The smallest absolute Gasteiger partial charge is 0.0718 e. The van der Waals surface area contributed by atoms with Crippen molar-refractivity contribution in [1.29, 1.82) is 0 Å². The zero-order valence-corrected chi connectivity index (χ0v) is 8.78. The molecule has 2 heterocycles. The van der Waals surface area contributed by atoms with Crippen molar-refractivity contribution in [2.24, 2.45) is 0 Å². The molecule has 0 atom stereocenters. The fourth-order valence-electron chi connectivity index (χ4n) is 1.21. The number of anilines is 1. The second-order valence-corrected chi connectivity index (χ2v) is 3.48. The standard InChI is InChI=1S/C11H10ClN3/c12-10-3-5-14-8-11(10)15-7-9-2-1-4-13-6-9/h1-6,8,15H,7H2. The van der Waals surface area contributed by atoms with Crippen LogP contribution in [0.25, 0.3) is 0 Å². The van der Waals surface area contributed by atoms with E-state index < -0.39 is 0 Å². The quantitative estimate of drug-likeness (QED) is 0.863. The highest BCUT2D eigenvalue weighted by Gasteiger charge is 1.98. The average Bonchev–Trinajstić information content (AvgIpc) is 2.29. The summed E-state index contributed by atoms with van der Waals surface area (Å²) in [5.74, 6) is 0. The maximum Gasteiger partial charge on any atom is 0.0718 e. The summed E-state index contributed by atoms with van der Waals surface area (Å²) >= 11 is 5.97.